The van der Waals surface area contributed by atoms with Gasteiger partial charge in [-0.05, 0) is 24.6 Å². The van der Waals surface area contributed by atoms with Crippen molar-refractivity contribution in [3.63, 3.8) is 0 Å². The molecule has 0 N–H and O–H groups in total. The number of esters is 1. The molecule has 5 heteroatoms. The van der Waals surface area contributed by atoms with Gasteiger partial charge in [-0.1, -0.05) is 17.7 Å². The molecule has 1 unspecified atom stereocenters. The third-order valence-electron chi connectivity index (χ3n) is 3.13. The number of carbonyl (C=O) groups is 2. The number of benzene rings is 1. The van der Waals surface area contributed by atoms with Crippen LogP contribution in [-0.4, -0.2) is 25.5 Å². The lowest BCUT2D eigenvalue weighted by Crippen LogP contribution is -2.26. The molecule has 0 aliphatic carbocycles. The smallest absolute Gasteiger partial charge is 0.311 e. The predicted octanol–water partition coefficient (Wildman–Crippen LogP) is 2.17. The highest BCUT2D eigenvalue weighted by atomic mass is 35.5. The number of aryl methyl sites for hydroxylation is 1. The lowest BCUT2D eigenvalue weighted by Gasteiger charge is -2.17. The number of methoxy groups -OCH3 is 1. The monoisotopic (exact) mass is 267 g/mol. The van der Waals surface area contributed by atoms with Crippen molar-refractivity contribution in [1.82, 2.24) is 0 Å². The number of hydrogen-bond acceptors (Lipinski definition) is 3. The minimum atomic E-state index is -0.387. The number of hydrogen-bond donors (Lipinski definition) is 0. The second kappa shape index (κ2) is 4.98. The quantitative estimate of drug-likeness (QED) is 0.772. The van der Waals surface area contributed by atoms with Crippen LogP contribution in [0.15, 0.2) is 18.2 Å². The van der Waals surface area contributed by atoms with Crippen LogP contribution in [0.4, 0.5) is 5.69 Å². The van der Waals surface area contributed by atoms with Crippen LogP contribution in [0.3, 0.4) is 0 Å². The summed E-state index contributed by atoms with van der Waals surface area (Å²) in [6.07, 6.45) is 0.193. The van der Waals surface area contributed by atoms with E-state index >= 15 is 0 Å². The highest BCUT2D eigenvalue weighted by Crippen LogP contribution is 2.29. The Morgan fingerprint density at radius 3 is 2.83 bits per heavy atom. The highest BCUT2D eigenvalue weighted by molar-refractivity contribution is 6.31. The van der Waals surface area contributed by atoms with Gasteiger partial charge in [0.1, 0.15) is 0 Å². The molecule has 1 heterocycles. The van der Waals surface area contributed by atoms with Gasteiger partial charge >= 0.3 is 5.97 Å². The van der Waals surface area contributed by atoms with Gasteiger partial charge in [-0.2, -0.15) is 0 Å². The van der Waals surface area contributed by atoms with Crippen LogP contribution in [0, 0.1) is 12.8 Å². The minimum Gasteiger partial charge on any atom is -0.469 e. The molecule has 0 aromatic heterocycles. The molecule has 1 fully saturated rings. The maximum Gasteiger partial charge on any atom is 0.311 e. The van der Waals surface area contributed by atoms with Crippen LogP contribution in [0.2, 0.25) is 5.02 Å². The first-order valence-corrected chi connectivity index (χ1v) is 6.05. The fourth-order valence-electron chi connectivity index (χ4n) is 2.03. The van der Waals surface area contributed by atoms with Gasteiger partial charge < -0.3 is 9.64 Å². The molecule has 1 aromatic rings. The third-order valence-corrected chi connectivity index (χ3v) is 3.53. The first kappa shape index (κ1) is 12.9. The van der Waals surface area contributed by atoms with E-state index in [0.717, 1.165) is 11.3 Å². The maximum absolute atomic E-state index is 11.9. The second-order valence-corrected chi connectivity index (χ2v) is 4.77. The molecule has 96 valence electrons. The average molecular weight is 268 g/mol. The van der Waals surface area contributed by atoms with Crippen molar-refractivity contribution in [3.8, 4) is 0 Å². The first-order valence-electron chi connectivity index (χ1n) is 5.67. The Labute approximate surface area is 110 Å². The van der Waals surface area contributed by atoms with Gasteiger partial charge in [0.25, 0.3) is 0 Å². The lowest BCUT2D eigenvalue weighted by atomic mass is 10.1. The van der Waals surface area contributed by atoms with E-state index < -0.39 is 0 Å². The average Bonchev–Trinajstić information content (AvgIpc) is 2.74. The molecule has 0 bridgehead atoms. The van der Waals surface area contributed by atoms with E-state index in [-0.39, 0.29) is 24.2 Å². The topological polar surface area (TPSA) is 46.6 Å². The zero-order valence-electron chi connectivity index (χ0n) is 10.3. The molecule has 1 aliphatic rings. The number of ether oxygens (including phenoxy) is 1. The van der Waals surface area contributed by atoms with E-state index in [1.807, 2.05) is 19.1 Å². The van der Waals surface area contributed by atoms with Gasteiger partial charge in [-0.3, -0.25) is 9.59 Å². The maximum atomic E-state index is 11.9. The molecular weight excluding hydrogens is 254 g/mol. The van der Waals surface area contributed by atoms with Gasteiger partial charge in [0.2, 0.25) is 5.91 Å². The number of nitrogens with zero attached hydrogens (tertiary/aromatic N) is 1. The Kier molecular flexibility index (Phi) is 3.57. The molecule has 1 amide bonds. The molecule has 1 saturated heterocycles. The summed E-state index contributed by atoms with van der Waals surface area (Å²) in [5.74, 6) is -0.808. The SMILES string of the molecule is COC(=O)C1CC(=O)N(c2ccc(C)c(Cl)c2)C1. The van der Waals surface area contributed by atoms with E-state index in [1.54, 1.807) is 11.0 Å². The molecule has 1 aliphatic heterocycles. The van der Waals surface area contributed by atoms with Gasteiger partial charge in [-0.15, -0.1) is 0 Å². The van der Waals surface area contributed by atoms with Crippen LogP contribution in [0.25, 0.3) is 0 Å². The summed E-state index contributed by atoms with van der Waals surface area (Å²) in [6.45, 7) is 2.25. The summed E-state index contributed by atoms with van der Waals surface area (Å²) < 4.78 is 4.67. The predicted molar refractivity (Wildman–Crippen MR) is 68.7 cm³/mol. The van der Waals surface area contributed by atoms with Gasteiger partial charge in [0, 0.05) is 23.7 Å². The number of halogens is 1. The van der Waals surface area contributed by atoms with Crippen molar-refractivity contribution >= 4 is 29.2 Å². The molecule has 18 heavy (non-hydrogen) atoms. The van der Waals surface area contributed by atoms with E-state index in [4.69, 9.17) is 11.6 Å². The summed E-state index contributed by atoms with van der Waals surface area (Å²) in [4.78, 5) is 24.9. The van der Waals surface area contributed by atoms with E-state index in [1.165, 1.54) is 7.11 Å². The minimum absolute atomic E-state index is 0.0784. The Bertz CT molecular complexity index is 501. The van der Waals surface area contributed by atoms with Crippen LogP contribution < -0.4 is 4.90 Å². The molecular formula is C13H14ClNO3. The zero-order chi connectivity index (χ0) is 13.3. The molecule has 4 nitrogen and oxygen atoms in total. The number of carbonyl (C=O) groups excluding carboxylic acids is 2. The Balaban J connectivity index is 2.21. The molecule has 2 rings (SSSR count). The largest absolute Gasteiger partial charge is 0.469 e. The standard InChI is InChI=1S/C13H14ClNO3/c1-8-3-4-10(6-11(8)14)15-7-9(5-12(15)16)13(17)18-2/h3-4,6,9H,5,7H2,1-2H3. The Morgan fingerprint density at radius 1 is 1.50 bits per heavy atom. The second-order valence-electron chi connectivity index (χ2n) is 4.36. The van der Waals surface area contributed by atoms with Crippen molar-refractivity contribution in [3.05, 3.63) is 28.8 Å². The van der Waals surface area contributed by atoms with Crippen molar-refractivity contribution < 1.29 is 14.3 Å². The highest BCUT2D eigenvalue weighted by Gasteiger charge is 2.35. The van der Waals surface area contributed by atoms with Gasteiger partial charge in [-0.25, -0.2) is 0 Å². The van der Waals surface area contributed by atoms with Crippen LogP contribution in [-0.2, 0) is 14.3 Å². The Morgan fingerprint density at radius 2 is 2.22 bits per heavy atom. The van der Waals surface area contributed by atoms with E-state index in [0.29, 0.717) is 11.6 Å². The summed E-state index contributed by atoms with van der Waals surface area (Å²) in [7, 11) is 1.33. The van der Waals surface area contributed by atoms with Crippen LogP contribution in [0.1, 0.15) is 12.0 Å². The first-order chi connectivity index (χ1) is 8.52. The number of anilines is 1. The fraction of sp³-hybridized carbons (Fsp3) is 0.385. The Hall–Kier alpha value is -1.55. The van der Waals surface area contributed by atoms with Gasteiger partial charge in [0.05, 0.1) is 13.0 Å². The van der Waals surface area contributed by atoms with Crippen molar-refractivity contribution in [2.24, 2.45) is 5.92 Å². The van der Waals surface area contributed by atoms with Crippen LogP contribution in [0.5, 0.6) is 0 Å². The molecule has 1 atom stereocenters. The van der Waals surface area contributed by atoms with Gasteiger partial charge in [0.15, 0.2) is 0 Å². The summed E-state index contributed by atoms with van der Waals surface area (Å²) in [5.41, 5.74) is 1.68. The van der Waals surface area contributed by atoms with Crippen molar-refractivity contribution in [2.75, 3.05) is 18.6 Å². The summed E-state index contributed by atoms with van der Waals surface area (Å²) in [6, 6.07) is 5.43. The summed E-state index contributed by atoms with van der Waals surface area (Å²) >= 11 is 6.04. The van der Waals surface area contributed by atoms with Crippen molar-refractivity contribution in [2.45, 2.75) is 13.3 Å². The third kappa shape index (κ3) is 2.34. The summed E-state index contributed by atoms with van der Waals surface area (Å²) in [5, 5.41) is 0.613. The molecule has 0 radical (unpaired) electrons. The molecule has 1 aromatic carbocycles. The number of rotatable bonds is 2. The van der Waals surface area contributed by atoms with Crippen molar-refractivity contribution in [1.29, 1.82) is 0 Å². The molecule has 0 saturated carbocycles. The molecule has 0 spiro atoms. The lowest BCUT2D eigenvalue weighted by molar-refractivity contribution is -0.145. The normalized spacial score (nSPS) is 19.2. The van der Waals surface area contributed by atoms with E-state index in [2.05, 4.69) is 4.74 Å². The zero-order valence-corrected chi connectivity index (χ0v) is 11.0. The van der Waals surface area contributed by atoms with E-state index in [9.17, 15) is 9.59 Å². The van der Waals surface area contributed by atoms with Crippen LogP contribution >= 0.6 is 11.6 Å². The number of amides is 1. The fourth-order valence-corrected chi connectivity index (χ4v) is 2.21.